The summed E-state index contributed by atoms with van der Waals surface area (Å²) in [5.74, 6) is 0. The molecule has 0 saturated heterocycles. The molecule has 0 aromatic rings. The van der Waals surface area contributed by atoms with Crippen LogP contribution in [0.5, 0.6) is 0 Å². The van der Waals surface area contributed by atoms with Gasteiger partial charge in [0.05, 0.1) is 6.54 Å². The number of hydrogen-bond acceptors (Lipinski definition) is 8. The lowest BCUT2D eigenvalue weighted by Gasteiger charge is -2.61. The molecule has 0 bridgehead atoms. The number of isocyanates is 1. The van der Waals surface area contributed by atoms with E-state index in [-0.39, 0.29) is 0 Å². The van der Waals surface area contributed by atoms with Crippen molar-refractivity contribution in [3.63, 3.8) is 0 Å². The predicted molar refractivity (Wildman–Crippen MR) is 210 cm³/mol. The Kier molecular flexibility index (Phi) is 15.3. The molecule has 0 aliphatic carbocycles. The zero-order chi connectivity index (χ0) is 34.8. The summed E-state index contributed by atoms with van der Waals surface area (Å²) in [5, 5.41) is 0. The Hall–Kier alpha value is 1.31. The lowest BCUT2D eigenvalue weighted by atomic mass is 10.5. The van der Waals surface area contributed by atoms with Crippen LogP contribution in [0.3, 0.4) is 0 Å². The van der Waals surface area contributed by atoms with Crippen molar-refractivity contribution in [1.82, 2.24) is 0 Å². The molecule has 0 unspecified atom stereocenters. The van der Waals surface area contributed by atoms with E-state index in [1.165, 1.54) is 0 Å². The Labute approximate surface area is 276 Å². The quantitative estimate of drug-likeness (QED) is 0.0562. The Morgan fingerprint density at radius 1 is 0.442 bits per heavy atom. The third-order valence-electron chi connectivity index (χ3n) is 7.13. The highest BCUT2D eigenvalue weighted by Gasteiger charge is 2.72. The summed E-state index contributed by atoms with van der Waals surface area (Å²) in [7, 11) is -20.8. The topological polar surface area (TPSA) is 84.8 Å². The van der Waals surface area contributed by atoms with E-state index in [1.54, 1.807) is 6.08 Å². The van der Waals surface area contributed by atoms with E-state index in [4.69, 9.17) is 24.7 Å². The molecule has 0 atom stereocenters. The van der Waals surface area contributed by atoms with Crippen molar-refractivity contribution in [1.29, 1.82) is 0 Å². The maximum atomic E-state index is 11.1. The summed E-state index contributed by atoms with van der Waals surface area (Å²) in [5.41, 5.74) is 0. The van der Waals surface area contributed by atoms with Gasteiger partial charge in [0.2, 0.25) is 6.08 Å². The van der Waals surface area contributed by atoms with Gasteiger partial charge >= 0.3 is 25.7 Å². The summed E-state index contributed by atoms with van der Waals surface area (Å²) in [6.45, 7) is 46.0. The molecule has 0 amide bonds. The predicted octanol–water partition coefficient (Wildman–Crippen LogP) is 8.72. The number of nitrogens with zero attached hydrogens (tertiary/aromatic N) is 1. The molecule has 0 aromatic carbocycles. The summed E-state index contributed by atoms with van der Waals surface area (Å²) < 4.78 is 43.1. The summed E-state index contributed by atoms with van der Waals surface area (Å²) in [6.07, 6.45) is 2.56. The molecule has 0 spiro atoms. The lowest BCUT2D eigenvalue weighted by Crippen LogP contribution is -2.89. The molecule has 0 fully saturated rings. The molecule has 0 N–H and O–H groups in total. The van der Waals surface area contributed by atoms with E-state index in [2.05, 4.69) is 142 Å². The lowest BCUT2D eigenvalue weighted by molar-refractivity contribution is 0.393. The van der Waals surface area contributed by atoms with E-state index in [0.29, 0.717) is 6.54 Å². The molecular weight excluding hydrogens is 707 g/mol. The maximum Gasteiger partial charge on any atom is 0.310 e. The van der Waals surface area contributed by atoms with Crippen molar-refractivity contribution in [3.8, 4) is 0 Å². The normalized spacial score (nSPS) is 15.5. The van der Waals surface area contributed by atoms with E-state index in [9.17, 15) is 4.79 Å². The van der Waals surface area contributed by atoms with Crippen LogP contribution < -0.4 is 0 Å². The average Bonchev–Trinajstić information content (AvgIpc) is 2.57. The van der Waals surface area contributed by atoms with Crippen molar-refractivity contribution < 1.29 is 29.5 Å². The smallest absolute Gasteiger partial charge is 0.310 e. The van der Waals surface area contributed by atoms with Gasteiger partial charge in [-0.15, -0.1) is 0 Å². The van der Waals surface area contributed by atoms with Crippen LogP contribution in [0.4, 0.5) is 0 Å². The standard InChI is InChI=1S/C25H69NO7Si10/c1-34(2,3)28-37(10,11)31-40(16,17)43(24-22-23-26-25-27,41(18,19)32-38(12,13)29-35(4,5)6)42(20,21)33-39(14,15)30-36(7,8)9/h22-24H2,1-21H3. The van der Waals surface area contributed by atoms with Crippen molar-refractivity contribution >= 4 is 86.8 Å². The zero-order valence-electron chi connectivity index (χ0n) is 31.9. The second kappa shape index (κ2) is 14.8. The second-order valence-corrected chi connectivity index (χ2v) is 78.0. The maximum absolute atomic E-state index is 11.1. The first-order valence-electron chi connectivity index (χ1n) is 15.8. The molecule has 0 aliphatic heterocycles. The van der Waals surface area contributed by atoms with Gasteiger partial charge in [0.15, 0.2) is 48.5 Å². The fourth-order valence-corrected chi connectivity index (χ4v) is 130. The molecule has 18 heteroatoms. The fourth-order valence-electron chi connectivity index (χ4n) is 7.93. The third kappa shape index (κ3) is 14.5. The largest absolute Gasteiger partial charge is 0.439 e. The molecule has 43 heavy (non-hydrogen) atoms. The van der Waals surface area contributed by atoms with Gasteiger partial charge in [0.25, 0.3) is 0 Å². The first kappa shape index (κ1) is 44.3. The van der Waals surface area contributed by atoms with Gasteiger partial charge in [0.1, 0.15) is 6.63 Å². The zero-order valence-corrected chi connectivity index (χ0v) is 41.9. The molecule has 8 nitrogen and oxygen atoms in total. The highest BCUT2D eigenvalue weighted by atomic mass is 29.9. The molecular formula is C25H69NO7Si10. The monoisotopic (exact) mass is 775 g/mol. The van der Waals surface area contributed by atoms with Gasteiger partial charge < -0.3 is 24.7 Å². The minimum Gasteiger partial charge on any atom is -0.439 e. The summed E-state index contributed by atoms with van der Waals surface area (Å²) >= 11 is 0. The van der Waals surface area contributed by atoms with Crippen LogP contribution in [0.2, 0.25) is 144 Å². The number of carbonyl (C=O) groups excluding carboxylic acids is 1. The van der Waals surface area contributed by atoms with Gasteiger partial charge in [-0.05, 0) is 144 Å². The van der Waals surface area contributed by atoms with Crippen molar-refractivity contribution in [2.75, 3.05) is 6.54 Å². The summed E-state index contributed by atoms with van der Waals surface area (Å²) in [4.78, 5) is 15.1. The van der Waals surface area contributed by atoms with Crippen LogP contribution >= 0.6 is 0 Å². The van der Waals surface area contributed by atoms with Gasteiger partial charge in [-0.3, -0.25) is 0 Å². The Morgan fingerprint density at radius 3 is 0.907 bits per heavy atom. The van der Waals surface area contributed by atoms with Crippen LogP contribution in [-0.2, 0) is 29.5 Å². The highest BCUT2D eigenvalue weighted by molar-refractivity contribution is 7.88. The summed E-state index contributed by atoms with van der Waals surface area (Å²) in [6, 6.07) is 0.947. The van der Waals surface area contributed by atoms with Gasteiger partial charge in [-0.25, -0.2) is 9.79 Å². The van der Waals surface area contributed by atoms with Crippen LogP contribution in [0.25, 0.3) is 0 Å². The van der Waals surface area contributed by atoms with Crippen LogP contribution in [0, 0.1) is 0 Å². The molecule has 0 heterocycles. The fraction of sp³-hybridized carbons (Fsp3) is 0.960. The second-order valence-electron chi connectivity index (χ2n) is 17.7. The molecule has 0 rings (SSSR count). The van der Waals surface area contributed by atoms with Crippen LogP contribution in [0.1, 0.15) is 6.42 Å². The number of rotatable bonds is 19. The molecule has 256 valence electrons. The first-order chi connectivity index (χ1) is 18.6. The van der Waals surface area contributed by atoms with Gasteiger partial charge in [0, 0.05) is 0 Å². The van der Waals surface area contributed by atoms with Crippen molar-refractivity contribution in [3.05, 3.63) is 0 Å². The third-order valence-corrected chi connectivity index (χ3v) is 95.7. The van der Waals surface area contributed by atoms with E-state index >= 15 is 0 Å². The van der Waals surface area contributed by atoms with E-state index in [1.807, 2.05) is 0 Å². The van der Waals surface area contributed by atoms with Gasteiger partial charge in [-0.1, -0.05) is 6.04 Å². The SMILES string of the molecule is C[Si](C)(C)O[Si](C)(C)O[Si](C)(C)[Si](CCCN=C=O)([Si](C)(C)O[Si](C)(C)O[Si](C)(C)C)[Si](C)(C)O[Si](C)(C)O[Si](C)(C)C. The van der Waals surface area contributed by atoms with E-state index in [0.717, 1.165) is 12.5 Å². The van der Waals surface area contributed by atoms with Crippen LogP contribution in [0.15, 0.2) is 4.99 Å². The minimum atomic E-state index is -2.61. The highest BCUT2D eigenvalue weighted by Crippen LogP contribution is 2.46. The minimum absolute atomic E-state index is 0.461. The molecule has 0 saturated carbocycles. The average molecular weight is 777 g/mol. The number of hydrogen-bond donors (Lipinski definition) is 0. The molecule has 0 radical (unpaired) electrons. The Bertz CT molecular complexity index is 862. The Balaban J connectivity index is 7.63. The van der Waals surface area contributed by atoms with E-state index < -0.39 is 80.8 Å². The number of aliphatic imine (C=N–C) groups is 1. The molecule has 0 aliphatic rings. The van der Waals surface area contributed by atoms with Crippen LogP contribution in [-0.4, -0.2) is 93.4 Å². The van der Waals surface area contributed by atoms with Crippen molar-refractivity contribution in [2.24, 2.45) is 4.99 Å². The van der Waals surface area contributed by atoms with Crippen molar-refractivity contribution in [2.45, 2.75) is 150 Å². The Morgan fingerprint density at radius 2 is 0.698 bits per heavy atom. The first-order valence-corrected chi connectivity index (χ1v) is 48.4. The van der Waals surface area contributed by atoms with Gasteiger partial charge in [-0.2, -0.15) is 0 Å². The molecule has 0 aromatic heterocycles.